The Morgan fingerprint density at radius 1 is 0.673 bits per heavy atom. The van der Waals surface area contributed by atoms with Crippen molar-refractivity contribution >= 4 is 35.5 Å². The van der Waals surface area contributed by atoms with Crippen LogP contribution >= 0.6 is 0 Å². The van der Waals surface area contributed by atoms with Gasteiger partial charge in [0, 0.05) is 0 Å². The Labute approximate surface area is 334 Å². The number of hydrogen-bond donors (Lipinski definition) is 0. The maximum atomic E-state index is 12.9. The molecule has 0 nitrogen and oxygen atoms in total. The van der Waals surface area contributed by atoms with Gasteiger partial charge in [0.25, 0.3) is 0 Å². The molecular formula is C46H45Cl2F3Zr-2. The summed E-state index contributed by atoms with van der Waals surface area (Å²) in [5.74, 6) is 0. The van der Waals surface area contributed by atoms with E-state index in [-0.39, 0.29) is 35.6 Å². The molecular weight excluding hydrogens is 772 g/mol. The van der Waals surface area contributed by atoms with Crippen LogP contribution in [0.2, 0.25) is 0 Å². The van der Waals surface area contributed by atoms with Gasteiger partial charge < -0.3 is 24.8 Å². The van der Waals surface area contributed by atoms with Gasteiger partial charge in [-0.15, -0.1) is 46.2 Å². The number of alkyl halides is 3. The molecule has 0 heterocycles. The number of benzene rings is 5. The van der Waals surface area contributed by atoms with E-state index in [2.05, 4.69) is 97.9 Å². The van der Waals surface area contributed by atoms with Crippen LogP contribution < -0.4 is 24.8 Å². The van der Waals surface area contributed by atoms with Gasteiger partial charge >= 0.3 is 141 Å². The molecule has 0 N–H and O–H groups in total. The third-order valence-corrected chi connectivity index (χ3v) is 10.5. The van der Waals surface area contributed by atoms with Crippen molar-refractivity contribution in [2.45, 2.75) is 78.8 Å². The minimum atomic E-state index is -4.31. The van der Waals surface area contributed by atoms with Crippen LogP contribution in [-0.4, -0.2) is 3.21 Å². The quantitative estimate of drug-likeness (QED) is 0.162. The summed E-state index contributed by atoms with van der Waals surface area (Å²) in [5, 5.41) is 7.70. The van der Waals surface area contributed by atoms with Crippen molar-refractivity contribution in [1.29, 1.82) is 0 Å². The minimum absolute atomic E-state index is 0. The predicted molar refractivity (Wildman–Crippen MR) is 204 cm³/mol. The summed E-state index contributed by atoms with van der Waals surface area (Å²) in [7, 11) is 0. The molecule has 6 aromatic carbocycles. The molecule has 0 spiro atoms. The summed E-state index contributed by atoms with van der Waals surface area (Å²) in [4.78, 5) is 0. The fourth-order valence-electron chi connectivity index (χ4n) is 6.74. The van der Waals surface area contributed by atoms with Crippen LogP contribution in [0, 0.1) is 19.9 Å². The molecule has 0 saturated carbocycles. The molecule has 1 aliphatic rings. The van der Waals surface area contributed by atoms with Crippen molar-refractivity contribution in [3.63, 3.8) is 0 Å². The first-order valence-electron chi connectivity index (χ1n) is 17.1. The van der Waals surface area contributed by atoms with E-state index in [0.29, 0.717) is 5.56 Å². The smallest absolute Gasteiger partial charge is 0.109 e. The van der Waals surface area contributed by atoms with Gasteiger partial charge in [0.15, 0.2) is 0 Å². The molecule has 0 radical (unpaired) electrons. The Bertz CT molecular complexity index is 2150. The van der Waals surface area contributed by atoms with Crippen LogP contribution in [0.5, 0.6) is 0 Å². The first-order chi connectivity index (χ1) is 23.4. The Morgan fingerprint density at radius 2 is 1.21 bits per heavy atom. The van der Waals surface area contributed by atoms with Crippen molar-refractivity contribution in [1.82, 2.24) is 0 Å². The molecule has 1 aliphatic carbocycles. The van der Waals surface area contributed by atoms with E-state index in [4.69, 9.17) is 0 Å². The number of hydrogen-bond acceptors (Lipinski definition) is 0. The summed E-state index contributed by atoms with van der Waals surface area (Å²) in [6, 6.07) is 31.3. The predicted octanol–water partition coefficient (Wildman–Crippen LogP) is 7.21. The number of fused-ring (bicyclic) bond motifs is 4. The number of aryl methyl sites for hydroxylation is 2. The summed E-state index contributed by atoms with van der Waals surface area (Å²) in [6.07, 6.45) is 5.69. The summed E-state index contributed by atoms with van der Waals surface area (Å²) in [5.41, 5.74) is 7.08. The van der Waals surface area contributed by atoms with Gasteiger partial charge in [-0.25, -0.2) is 12.2 Å². The number of rotatable bonds is 2. The Morgan fingerprint density at radius 3 is 1.69 bits per heavy atom. The van der Waals surface area contributed by atoms with Crippen LogP contribution in [0.4, 0.5) is 13.2 Å². The molecule has 6 heteroatoms. The Kier molecular flexibility index (Phi) is 14.4. The van der Waals surface area contributed by atoms with Gasteiger partial charge in [-0.3, -0.25) is 6.08 Å². The first kappa shape index (κ1) is 43.2. The molecule has 0 fully saturated rings. The van der Waals surface area contributed by atoms with Gasteiger partial charge in [-0.05, 0) is 24.7 Å². The normalized spacial score (nSPS) is 12.5. The molecule has 52 heavy (non-hydrogen) atoms. The first-order valence-corrected chi connectivity index (χ1v) is 18.3. The van der Waals surface area contributed by atoms with E-state index in [1.165, 1.54) is 55.9 Å². The van der Waals surface area contributed by atoms with Crippen molar-refractivity contribution < 1.29 is 62.2 Å². The van der Waals surface area contributed by atoms with Gasteiger partial charge in [-0.2, -0.15) is 6.08 Å². The van der Waals surface area contributed by atoms with E-state index in [9.17, 15) is 13.2 Å². The van der Waals surface area contributed by atoms with E-state index in [0.717, 1.165) is 56.3 Å². The zero-order valence-electron chi connectivity index (χ0n) is 31.1. The van der Waals surface area contributed by atoms with E-state index >= 15 is 0 Å². The largest absolute Gasteiger partial charge is 1.00 e. The summed E-state index contributed by atoms with van der Waals surface area (Å²) < 4.78 is 39.6. The topological polar surface area (TPSA) is 0 Å². The monoisotopic (exact) mass is 814 g/mol. The van der Waals surface area contributed by atoms with Crippen molar-refractivity contribution in [2.75, 3.05) is 0 Å². The fourth-order valence-corrected chi connectivity index (χ4v) is 7.66. The minimum Gasteiger partial charge on any atom is -1.00 e. The van der Waals surface area contributed by atoms with E-state index in [1.54, 1.807) is 6.07 Å². The Hall–Kier alpha value is -3.17. The average molecular weight is 817 g/mol. The van der Waals surface area contributed by atoms with Gasteiger partial charge in [0.2, 0.25) is 0 Å². The Balaban J connectivity index is 0.000000239. The standard InChI is InChI=1S/C23H29.C18H11F3.C5H5.2ClH.Zr/c1-14-9-16-11-17-10-15(2)21(23(6,7)8)13-19(17)18(16)12-20(14)22(3,4)5;19-18(20,21)16-9-3-5-13(12-16)11-15-8-4-7-14-6-1-2-10-17(14)15;1-2-4-5-3-1;;;/h9-13H,1-8H3;1-10,12H;1-3H,4H2;2*1H;/q-1;;-1;;;+2/p-2. The zero-order chi connectivity index (χ0) is 36.4. The summed E-state index contributed by atoms with van der Waals surface area (Å²) >= 11 is 1.09. The molecule has 0 aromatic heterocycles. The zero-order valence-corrected chi connectivity index (χ0v) is 35.0. The fraction of sp³-hybridized carbons (Fsp3) is 0.261. The average Bonchev–Trinajstić information content (AvgIpc) is 3.74. The second-order valence-corrected chi connectivity index (χ2v) is 16.4. The second kappa shape index (κ2) is 17.3. The molecule has 6 aromatic rings. The maximum absolute atomic E-state index is 12.9. The molecule has 0 saturated heterocycles. The maximum Gasteiger partial charge on any atom is -0.109 e. The van der Waals surface area contributed by atoms with Crippen molar-refractivity contribution in [3.05, 3.63) is 160 Å². The van der Waals surface area contributed by atoms with Crippen molar-refractivity contribution in [3.8, 4) is 0 Å². The van der Waals surface area contributed by atoms with Crippen LogP contribution in [0.25, 0.3) is 32.3 Å². The molecule has 0 amide bonds. The molecule has 0 unspecified atom stereocenters. The van der Waals surface area contributed by atoms with E-state index < -0.39 is 11.7 Å². The van der Waals surface area contributed by atoms with Gasteiger partial charge in [0.1, 0.15) is 0 Å². The van der Waals surface area contributed by atoms with Crippen LogP contribution in [0.15, 0.2) is 115 Å². The third-order valence-electron chi connectivity index (χ3n) is 9.13. The SMILES string of the molecule is Cc1cc2[cH-]c3cc(C)c(C(C)(C)C)cc3c2cc1C(C)(C)C.FC(F)(F)c1cccc([C](=[Zr+2])c2cccc3ccccc23)c1.[C-]1=CC=CC1.[Cl-].[Cl-]. The van der Waals surface area contributed by atoms with Crippen LogP contribution in [0.1, 0.15) is 86.9 Å². The number of allylic oxidation sites excluding steroid dienone is 4. The third kappa shape index (κ3) is 10.1. The van der Waals surface area contributed by atoms with Crippen LogP contribution in [0.3, 0.4) is 0 Å². The number of halogens is 5. The van der Waals surface area contributed by atoms with E-state index in [1.807, 2.05) is 54.6 Å². The molecule has 0 aliphatic heterocycles. The van der Waals surface area contributed by atoms with Gasteiger partial charge in [-0.1, -0.05) is 75.9 Å². The molecule has 7 rings (SSSR count). The summed E-state index contributed by atoms with van der Waals surface area (Å²) in [6.45, 7) is 18.3. The second-order valence-electron chi connectivity index (χ2n) is 15.1. The van der Waals surface area contributed by atoms with Crippen molar-refractivity contribution in [2.24, 2.45) is 0 Å². The molecule has 0 bridgehead atoms. The molecule has 270 valence electrons. The van der Waals surface area contributed by atoms with Crippen LogP contribution in [-0.2, 0) is 41.2 Å². The van der Waals surface area contributed by atoms with Gasteiger partial charge in [0.05, 0.1) is 0 Å². The molecule has 0 atom stereocenters.